The maximum Gasteiger partial charge on any atom is 0.244 e. The molecule has 1 N–H and O–H groups in total. The van der Waals surface area contributed by atoms with Crippen molar-refractivity contribution in [1.29, 1.82) is 0 Å². The van der Waals surface area contributed by atoms with Gasteiger partial charge in [0.15, 0.2) is 0 Å². The standard InChI is InChI=1S/C18H22ClNO3S2/c1-23-15-8-7-14(19)12-16(15)25(21,22)20-13-18(9-3-2-4-10-18)17-6-5-11-24-17/h5-8,11-12,20H,2-4,9-10,13H2,1H3. The van der Waals surface area contributed by atoms with E-state index in [9.17, 15) is 8.42 Å². The van der Waals surface area contributed by atoms with Gasteiger partial charge in [0.25, 0.3) is 0 Å². The molecule has 2 aromatic rings. The predicted octanol–water partition coefficient (Wildman–Crippen LogP) is 4.59. The molecule has 7 heteroatoms. The number of thiophene rings is 1. The molecule has 0 spiro atoms. The third-order valence-corrected chi connectivity index (χ3v) is 7.64. The van der Waals surface area contributed by atoms with Crippen LogP contribution in [0.25, 0.3) is 0 Å². The Hall–Kier alpha value is -1.08. The first-order valence-electron chi connectivity index (χ1n) is 8.34. The predicted molar refractivity (Wildman–Crippen MR) is 102 cm³/mol. The highest BCUT2D eigenvalue weighted by Crippen LogP contribution is 2.41. The molecule has 0 radical (unpaired) electrons. The van der Waals surface area contributed by atoms with Crippen molar-refractivity contribution in [2.24, 2.45) is 0 Å². The van der Waals surface area contributed by atoms with Crippen LogP contribution in [0.3, 0.4) is 0 Å². The second-order valence-corrected chi connectivity index (χ2v) is 9.56. The molecule has 0 unspecified atom stereocenters. The van der Waals surface area contributed by atoms with Gasteiger partial charge in [-0.15, -0.1) is 11.3 Å². The number of nitrogens with one attached hydrogen (secondary N) is 1. The molecule has 1 saturated carbocycles. The van der Waals surface area contributed by atoms with Gasteiger partial charge in [-0.1, -0.05) is 36.9 Å². The summed E-state index contributed by atoms with van der Waals surface area (Å²) in [5, 5.41) is 2.42. The quantitative estimate of drug-likeness (QED) is 0.772. The smallest absolute Gasteiger partial charge is 0.244 e. The number of halogens is 1. The van der Waals surface area contributed by atoms with Gasteiger partial charge in [-0.3, -0.25) is 0 Å². The zero-order valence-electron chi connectivity index (χ0n) is 14.1. The fourth-order valence-corrected chi connectivity index (χ4v) is 6.03. The molecule has 136 valence electrons. The van der Waals surface area contributed by atoms with Gasteiger partial charge in [0.2, 0.25) is 10.0 Å². The second kappa shape index (κ2) is 7.66. The third-order valence-electron chi connectivity index (χ3n) is 4.87. The molecular weight excluding hydrogens is 378 g/mol. The maximum absolute atomic E-state index is 12.9. The van der Waals surface area contributed by atoms with Gasteiger partial charge in [-0.05, 0) is 42.5 Å². The van der Waals surface area contributed by atoms with Crippen LogP contribution in [0.4, 0.5) is 0 Å². The second-order valence-electron chi connectivity index (χ2n) is 6.44. The molecule has 1 aliphatic rings. The summed E-state index contributed by atoms with van der Waals surface area (Å²) in [5.74, 6) is 0.297. The molecule has 1 fully saturated rings. The van der Waals surface area contributed by atoms with Gasteiger partial charge in [-0.25, -0.2) is 13.1 Å². The normalized spacial score (nSPS) is 17.4. The van der Waals surface area contributed by atoms with E-state index in [0.717, 1.165) is 25.7 Å². The molecule has 25 heavy (non-hydrogen) atoms. The van der Waals surface area contributed by atoms with E-state index in [0.29, 0.717) is 17.3 Å². The first-order valence-corrected chi connectivity index (χ1v) is 11.1. The van der Waals surface area contributed by atoms with Crippen LogP contribution in [0.15, 0.2) is 40.6 Å². The van der Waals surface area contributed by atoms with Crippen LogP contribution in [0.2, 0.25) is 5.02 Å². The van der Waals surface area contributed by atoms with E-state index in [4.69, 9.17) is 16.3 Å². The fraction of sp³-hybridized carbons (Fsp3) is 0.444. The van der Waals surface area contributed by atoms with Crippen LogP contribution in [0.1, 0.15) is 37.0 Å². The minimum absolute atomic E-state index is 0.0830. The number of sulfonamides is 1. The molecule has 4 nitrogen and oxygen atoms in total. The van der Waals surface area contributed by atoms with E-state index in [2.05, 4.69) is 16.2 Å². The van der Waals surface area contributed by atoms with Crippen molar-refractivity contribution in [3.8, 4) is 5.75 Å². The number of rotatable bonds is 6. The molecule has 1 aliphatic carbocycles. The van der Waals surface area contributed by atoms with Crippen LogP contribution < -0.4 is 9.46 Å². The average molecular weight is 400 g/mol. The monoisotopic (exact) mass is 399 g/mol. The third kappa shape index (κ3) is 4.03. The summed E-state index contributed by atoms with van der Waals surface area (Å²) in [7, 11) is -2.25. The highest BCUT2D eigenvalue weighted by atomic mass is 35.5. The van der Waals surface area contributed by atoms with Crippen LogP contribution in [0, 0.1) is 0 Å². The molecule has 0 aliphatic heterocycles. The van der Waals surface area contributed by atoms with Crippen molar-refractivity contribution in [3.63, 3.8) is 0 Å². The Kier molecular flexibility index (Phi) is 5.73. The summed E-state index contributed by atoms with van der Waals surface area (Å²) in [4.78, 5) is 1.34. The van der Waals surface area contributed by atoms with E-state index in [1.54, 1.807) is 23.5 Å². The number of ether oxygens (including phenoxy) is 1. The van der Waals surface area contributed by atoms with E-state index in [1.165, 1.54) is 24.5 Å². The Labute approximate surface area is 158 Å². The van der Waals surface area contributed by atoms with Gasteiger partial charge in [0.1, 0.15) is 10.6 Å². The van der Waals surface area contributed by atoms with Gasteiger partial charge in [-0.2, -0.15) is 0 Å². The molecule has 1 aromatic heterocycles. The zero-order valence-corrected chi connectivity index (χ0v) is 16.5. The van der Waals surface area contributed by atoms with E-state index >= 15 is 0 Å². The minimum atomic E-state index is -3.71. The Balaban J connectivity index is 1.87. The van der Waals surface area contributed by atoms with Gasteiger partial charge < -0.3 is 4.74 Å². The molecule has 0 atom stereocenters. The fourth-order valence-electron chi connectivity index (χ4n) is 3.49. The lowest BCUT2D eigenvalue weighted by Gasteiger charge is -2.36. The highest BCUT2D eigenvalue weighted by Gasteiger charge is 2.36. The summed E-state index contributed by atoms with van der Waals surface area (Å²) in [6.45, 7) is 0.394. The Morgan fingerprint density at radius 3 is 2.64 bits per heavy atom. The zero-order chi connectivity index (χ0) is 17.9. The van der Waals surface area contributed by atoms with Crippen molar-refractivity contribution in [1.82, 2.24) is 4.72 Å². The summed E-state index contributed by atoms with van der Waals surface area (Å²) < 4.78 is 33.8. The Bertz CT molecular complexity index is 813. The van der Waals surface area contributed by atoms with Crippen LogP contribution in [0.5, 0.6) is 5.75 Å². The van der Waals surface area contributed by atoms with Crippen LogP contribution >= 0.6 is 22.9 Å². The molecule has 0 bridgehead atoms. The number of hydrogen-bond acceptors (Lipinski definition) is 4. The van der Waals surface area contributed by atoms with Gasteiger partial charge in [0, 0.05) is 21.9 Å². The largest absolute Gasteiger partial charge is 0.495 e. The summed E-state index contributed by atoms with van der Waals surface area (Å²) in [6.07, 6.45) is 5.47. The molecule has 1 heterocycles. The number of methoxy groups -OCH3 is 1. The molecule has 1 aromatic carbocycles. The average Bonchev–Trinajstić information content (AvgIpc) is 3.16. The van der Waals surface area contributed by atoms with Crippen LogP contribution in [-0.4, -0.2) is 22.1 Å². The topological polar surface area (TPSA) is 55.4 Å². The van der Waals surface area contributed by atoms with Crippen molar-refractivity contribution in [3.05, 3.63) is 45.6 Å². The number of benzene rings is 1. The van der Waals surface area contributed by atoms with Crippen molar-refractivity contribution < 1.29 is 13.2 Å². The lowest BCUT2D eigenvalue weighted by atomic mass is 9.73. The first-order chi connectivity index (χ1) is 12.0. The Morgan fingerprint density at radius 2 is 2.00 bits per heavy atom. The summed E-state index contributed by atoms with van der Waals surface area (Å²) in [6, 6.07) is 8.77. The van der Waals surface area contributed by atoms with Gasteiger partial charge in [0.05, 0.1) is 7.11 Å². The Morgan fingerprint density at radius 1 is 1.24 bits per heavy atom. The highest BCUT2D eigenvalue weighted by molar-refractivity contribution is 7.89. The lowest BCUT2D eigenvalue weighted by molar-refractivity contribution is 0.298. The number of hydrogen-bond donors (Lipinski definition) is 1. The summed E-state index contributed by atoms with van der Waals surface area (Å²) in [5.41, 5.74) is -0.120. The minimum Gasteiger partial charge on any atom is -0.495 e. The lowest BCUT2D eigenvalue weighted by Crippen LogP contribution is -2.41. The van der Waals surface area contributed by atoms with E-state index in [-0.39, 0.29) is 10.3 Å². The summed E-state index contributed by atoms with van der Waals surface area (Å²) >= 11 is 7.70. The maximum atomic E-state index is 12.9. The van der Waals surface area contributed by atoms with Crippen molar-refractivity contribution >= 4 is 33.0 Å². The SMILES string of the molecule is COc1ccc(Cl)cc1S(=O)(=O)NCC1(c2cccs2)CCCCC1. The van der Waals surface area contributed by atoms with Gasteiger partial charge >= 0.3 is 0 Å². The molecule has 0 saturated heterocycles. The molecule has 0 amide bonds. The first kappa shape index (κ1) is 18.7. The van der Waals surface area contributed by atoms with Crippen molar-refractivity contribution in [2.75, 3.05) is 13.7 Å². The van der Waals surface area contributed by atoms with E-state index < -0.39 is 10.0 Å². The van der Waals surface area contributed by atoms with E-state index in [1.807, 2.05) is 6.07 Å². The van der Waals surface area contributed by atoms with Crippen molar-refractivity contribution in [2.45, 2.75) is 42.4 Å². The molecular formula is C18H22ClNO3S2. The van der Waals surface area contributed by atoms with Crippen LogP contribution in [-0.2, 0) is 15.4 Å². The molecule has 3 rings (SSSR count).